The number of aromatic carboxylic acids is 1. The molecule has 0 spiro atoms. The van der Waals surface area contributed by atoms with E-state index in [0.29, 0.717) is 5.56 Å². The SMILES string of the molecule is O=C(O)c1ccc2c(c1)ncn2CC1CCCC1. The second kappa shape index (κ2) is 4.44. The largest absolute Gasteiger partial charge is 0.478 e. The standard InChI is InChI=1S/C14H16N2O2/c17-14(18)11-5-6-13-12(7-11)15-9-16(13)8-10-3-1-2-4-10/h5-7,9-10H,1-4,8H2,(H,17,18). The third kappa shape index (κ3) is 1.98. The van der Waals surface area contributed by atoms with Crippen LogP contribution in [0.1, 0.15) is 36.0 Å². The predicted octanol–water partition coefficient (Wildman–Crippen LogP) is 2.92. The first-order chi connectivity index (χ1) is 8.74. The highest BCUT2D eigenvalue weighted by Gasteiger charge is 2.16. The molecule has 0 amide bonds. The summed E-state index contributed by atoms with van der Waals surface area (Å²) in [6.07, 6.45) is 7.09. The molecule has 2 aromatic rings. The molecular weight excluding hydrogens is 228 g/mol. The minimum absolute atomic E-state index is 0.300. The van der Waals surface area contributed by atoms with Crippen molar-refractivity contribution in [3.63, 3.8) is 0 Å². The smallest absolute Gasteiger partial charge is 0.335 e. The van der Waals surface area contributed by atoms with Crippen molar-refractivity contribution < 1.29 is 9.90 Å². The molecule has 1 aromatic carbocycles. The number of rotatable bonds is 3. The Balaban J connectivity index is 1.91. The molecule has 0 unspecified atom stereocenters. The second-order valence-corrected chi connectivity index (χ2v) is 5.06. The van der Waals surface area contributed by atoms with E-state index in [4.69, 9.17) is 5.11 Å². The predicted molar refractivity (Wildman–Crippen MR) is 68.7 cm³/mol. The van der Waals surface area contributed by atoms with Crippen molar-refractivity contribution in [2.45, 2.75) is 32.2 Å². The number of aromatic nitrogens is 2. The normalized spacial score (nSPS) is 16.4. The lowest BCUT2D eigenvalue weighted by molar-refractivity contribution is 0.0697. The zero-order chi connectivity index (χ0) is 12.5. The van der Waals surface area contributed by atoms with E-state index in [9.17, 15) is 4.79 Å². The summed E-state index contributed by atoms with van der Waals surface area (Å²) in [4.78, 5) is 15.2. The number of carbonyl (C=O) groups is 1. The van der Waals surface area contributed by atoms with Crippen LogP contribution in [0.25, 0.3) is 11.0 Å². The molecular formula is C14H16N2O2. The van der Waals surface area contributed by atoms with Crippen LogP contribution >= 0.6 is 0 Å². The van der Waals surface area contributed by atoms with E-state index < -0.39 is 5.97 Å². The molecule has 1 aliphatic carbocycles. The minimum Gasteiger partial charge on any atom is -0.478 e. The number of hydrogen-bond acceptors (Lipinski definition) is 2. The molecule has 94 valence electrons. The van der Waals surface area contributed by atoms with Crippen molar-refractivity contribution in [2.75, 3.05) is 0 Å². The van der Waals surface area contributed by atoms with Gasteiger partial charge >= 0.3 is 5.97 Å². The minimum atomic E-state index is -0.901. The zero-order valence-corrected chi connectivity index (χ0v) is 10.2. The highest BCUT2D eigenvalue weighted by atomic mass is 16.4. The van der Waals surface area contributed by atoms with Crippen LogP contribution in [0.3, 0.4) is 0 Å². The number of nitrogens with zero attached hydrogens (tertiary/aromatic N) is 2. The maximum atomic E-state index is 10.9. The van der Waals surface area contributed by atoms with Crippen LogP contribution in [-0.4, -0.2) is 20.6 Å². The quantitative estimate of drug-likeness (QED) is 0.903. The van der Waals surface area contributed by atoms with Gasteiger partial charge in [0, 0.05) is 6.54 Å². The summed E-state index contributed by atoms with van der Waals surface area (Å²) in [6, 6.07) is 5.15. The Morgan fingerprint density at radius 2 is 2.17 bits per heavy atom. The molecule has 0 bridgehead atoms. The average Bonchev–Trinajstić information content (AvgIpc) is 2.99. The zero-order valence-electron chi connectivity index (χ0n) is 10.2. The first-order valence-corrected chi connectivity index (χ1v) is 6.42. The third-order valence-electron chi connectivity index (χ3n) is 3.80. The van der Waals surface area contributed by atoms with Gasteiger partial charge in [-0.1, -0.05) is 12.8 Å². The Labute approximate surface area is 105 Å². The Bertz CT molecular complexity index is 582. The number of hydrogen-bond donors (Lipinski definition) is 1. The summed E-state index contributed by atoms with van der Waals surface area (Å²) >= 11 is 0. The summed E-state index contributed by atoms with van der Waals surface area (Å²) < 4.78 is 2.15. The monoisotopic (exact) mass is 244 g/mol. The number of imidazole rings is 1. The van der Waals surface area contributed by atoms with Crippen molar-refractivity contribution in [3.05, 3.63) is 30.1 Å². The van der Waals surface area contributed by atoms with Gasteiger partial charge in [0.1, 0.15) is 0 Å². The molecule has 0 radical (unpaired) electrons. The van der Waals surface area contributed by atoms with Crippen LogP contribution < -0.4 is 0 Å². The molecule has 0 atom stereocenters. The topological polar surface area (TPSA) is 55.1 Å². The van der Waals surface area contributed by atoms with Crippen LogP contribution in [0.2, 0.25) is 0 Å². The van der Waals surface area contributed by atoms with Gasteiger partial charge in [0.2, 0.25) is 0 Å². The number of carboxylic acids is 1. The Kier molecular flexibility index (Phi) is 2.78. The average molecular weight is 244 g/mol. The molecule has 18 heavy (non-hydrogen) atoms. The van der Waals surface area contributed by atoms with E-state index in [1.165, 1.54) is 25.7 Å². The fourth-order valence-electron chi connectivity index (χ4n) is 2.81. The molecule has 1 fully saturated rings. The van der Waals surface area contributed by atoms with Crippen molar-refractivity contribution in [1.29, 1.82) is 0 Å². The lowest BCUT2D eigenvalue weighted by atomic mass is 10.1. The Morgan fingerprint density at radius 3 is 2.89 bits per heavy atom. The maximum absolute atomic E-state index is 10.9. The molecule has 3 rings (SSSR count). The van der Waals surface area contributed by atoms with Crippen LogP contribution in [0.4, 0.5) is 0 Å². The van der Waals surface area contributed by atoms with Gasteiger partial charge in [0.25, 0.3) is 0 Å². The molecule has 1 N–H and O–H groups in total. The second-order valence-electron chi connectivity index (χ2n) is 5.06. The summed E-state index contributed by atoms with van der Waals surface area (Å²) in [5.74, 6) is -0.149. The molecule has 4 heteroatoms. The fraction of sp³-hybridized carbons (Fsp3) is 0.429. The van der Waals surface area contributed by atoms with Gasteiger partial charge in [0.15, 0.2) is 0 Å². The highest BCUT2D eigenvalue weighted by molar-refractivity contribution is 5.92. The number of carboxylic acid groups (broad SMARTS) is 1. The van der Waals surface area contributed by atoms with E-state index >= 15 is 0 Å². The van der Waals surface area contributed by atoms with Crippen LogP contribution in [0.5, 0.6) is 0 Å². The van der Waals surface area contributed by atoms with Gasteiger partial charge < -0.3 is 9.67 Å². The highest BCUT2D eigenvalue weighted by Crippen LogP contribution is 2.27. The van der Waals surface area contributed by atoms with Crippen LogP contribution in [0.15, 0.2) is 24.5 Å². The van der Waals surface area contributed by atoms with E-state index in [0.717, 1.165) is 23.5 Å². The summed E-state index contributed by atoms with van der Waals surface area (Å²) in [6.45, 7) is 1.00. The molecule has 4 nitrogen and oxygen atoms in total. The van der Waals surface area contributed by atoms with Gasteiger partial charge in [-0.05, 0) is 37.0 Å². The van der Waals surface area contributed by atoms with Gasteiger partial charge in [0.05, 0.1) is 22.9 Å². The maximum Gasteiger partial charge on any atom is 0.335 e. The summed E-state index contributed by atoms with van der Waals surface area (Å²) in [7, 11) is 0. The van der Waals surface area contributed by atoms with Gasteiger partial charge in [-0.25, -0.2) is 9.78 Å². The Morgan fingerprint density at radius 1 is 1.39 bits per heavy atom. The van der Waals surface area contributed by atoms with Crippen LogP contribution in [-0.2, 0) is 6.54 Å². The first-order valence-electron chi connectivity index (χ1n) is 6.42. The van der Waals surface area contributed by atoms with Crippen molar-refractivity contribution in [1.82, 2.24) is 9.55 Å². The first kappa shape index (κ1) is 11.3. The molecule has 1 aromatic heterocycles. The van der Waals surface area contributed by atoms with Crippen molar-refractivity contribution in [2.24, 2.45) is 5.92 Å². The number of fused-ring (bicyclic) bond motifs is 1. The van der Waals surface area contributed by atoms with Crippen LogP contribution in [0, 0.1) is 5.92 Å². The summed E-state index contributed by atoms with van der Waals surface area (Å²) in [5.41, 5.74) is 2.11. The molecule has 1 saturated carbocycles. The van der Waals surface area contributed by atoms with Gasteiger partial charge in [-0.15, -0.1) is 0 Å². The van der Waals surface area contributed by atoms with Gasteiger partial charge in [-0.2, -0.15) is 0 Å². The lowest BCUT2D eigenvalue weighted by Gasteiger charge is -2.10. The Hall–Kier alpha value is -1.84. The molecule has 0 aliphatic heterocycles. The van der Waals surface area contributed by atoms with Gasteiger partial charge in [-0.3, -0.25) is 0 Å². The third-order valence-corrected chi connectivity index (χ3v) is 3.80. The molecule has 1 heterocycles. The van der Waals surface area contributed by atoms with E-state index in [1.54, 1.807) is 12.1 Å². The van der Waals surface area contributed by atoms with E-state index in [1.807, 2.05) is 12.4 Å². The van der Waals surface area contributed by atoms with E-state index in [-0.39, 0.29) is 0 Å². The molecule has 0 saturated heterocycles. The van der Waals surface area contributed by atoms with E-state index in [2.05, 4.69) is 9.55 Å². The van der Waals surface area contributed by atoms with Crippen molar-refractivity contribution in [3.8, 4) is 0 Å². The van der Waals surface area contributed by atoms with Crippen molar-refractivity contribution >= 4 is 17.0 Å². The molecule has 1 aliphatic rings. The summed E-state index contributed by atoms with van der Waals surface area (Å²) in [5, 5.41) is 8.95. The lowest BCUT2D eigenvalue weighted by Crippen LogP contribution is -2.06. The number of benzene rings is 1. The fourth-order valence-corrected chi connectivity index (χ4v) is 2.81.